The summed E-state index contributed by atoms with van der Waals surface area (Å²) in [4.78, 5) is 14.6. The first kappa shape index (κ1) is 29.3. The number of carbonyl (C=O) groups excluding carboxylic acids is 1. The van der Waals surface area contributed by atoms with Crippen molar-refractivity contribution < 1.29 is 4.79 Å². The molecular weight excluding hydrogens is 396 g/mol. The van der Waals surface area contributed by atoms with Crippen molar-refractivity contribution in [2.24, 2.45) is 0 Å². The minimum Gasteiger partial charge on any atom is -0.302 e. The third-order valence-electron chi connectivity index (χ3n) is 5.44. The first-order valence-electron chi connectivity index (χ1n) is 12.4. The smallest absolute Gasteiger partial charge is 0.134 e. The number of nitrogens with zero attached hydrogens (tertiary/aromatic N) is 1. The molecule has 0 fully saturated rings. The van der Waals surface area contributed by atoms with E-state index in [0.29, 0.717) is 5.78 Å². The van der Waals surface area contributed by atoms with Gasteiger partial charge in [-0.3, -0.25) is 9.52 Å². The Balaban J connectivity index is 3.45. The van der Waals surface area contributed by atoms with E-state index < -0.39 is 0 Å². The summed E-state index contributed by atoms with van der Waals surface area (Å²) >= 11 is 0. The number of unbranched alkanes of at least 4 members (excludes halogenated alkanes) is 12. The lowest BCUT2D eigenvalue weighted by Gasteiger charge is -2.20. The van der Waals surface area contributed by atoms with Gasteiger partial charge in [-0.15, -0.1) is 0 Å². The predicted octanol–water partition coefficient (Wildman–Crippen LogP) is 7.65. The monoisotopic (exact) mass is 446 g/mol. The Morgan fingerprint density at radius 3 is 1.76 bits per heavy atom. The van der Waals surface area contributed by atoms with Gasteiger partial charge in [-0.25, -0.2) is 0 Å². The molecule has 0 amide bonds. The lowest BCUT2D eigenvalue weighted by atomic mass is 10.0. The highest BCUT2D eigenvalue weighted by Gasteiger charge is 2.08. The molecule has 29 heavy (non-hydrogen) atoms. The van der Waals surface area contributed by atoms with Gasteiger partial charge in [0, 0.05) is 31.7 Å². The van der Waals surface area contributed by atoms with Crippen LogP contribution >= 0.6 is 21.8 Å². The predicted molar refractivity (Wildman–Crippen MR) is 136 cm³/mol. The van der Waals surface area contributed by atoms with E-state index in [1.807, 2.05) is 17.8 Å². The molecule has 0 unspecified atom stereocenters. The molecule has 0 aromatic carbocycles. The highest BCUT2D eigenvalue weighted by molar-refractivity contribution is 8.76. The summed E-state index contributed by atoms with van der Waals surface area (Å²) in [6.45, 7) is 7.63. The summed E-state index contributed by atoms with van der Waals surface area (Å²) in [5, 5.41) is 0. The van der Waals surface area contributed by atoms with Crippen molar-refractivity contribution >= 4 is 27.6 Å². The largest absolute Gasteiger partial charge is 0.302 e. The van der Waals surface area contributed by atoms with Gasteiger partial charge in [-0.2, -0.15) is 0 Å². The molecule has 0 aliphatic carbocycles. The summed E-state index contributed by atoms with van der Waals surface area (Å²) in [7, 11) is 5.50. The Kier molecular flexibility index (Phi) is 24.8. The number of nitrogens with one attached hydrogen (secondary N) is 1. The normalized spacial score (nSPS) is 11.4. The fraction of sp³-hybridized carbons (Fsp3) is 0.958. The van der Waals surface area contributed by atoms with Crippen molar-refractivity contribution in [1.82, 2.24) is 9.62 Å². The standard InChI is InChI=1S/C24H50N2OS2/c1-4-6-7-8-9-10-11-12-13-14-15-16-17-18-24(27)19-21-26(20-5-2)22-23-28-29-25-3/h25H,4-23H2,1-3H3. The number of rotatable bonds is 24. The van der Waals surface area contributed by atoms with Gasteiger partial charge in [0.2, 0.25) is 0 Å². The lowest BCUT2D eigenvalue weighted by molar-refractivity contribution is -0.119. The minimum absolute atomic E-state index is 0.464. The Labute approximate surface area is 190 Å². The summed E-state index contributed by atoms with van der Waals surface area (Å²) in [6.07, 6.45) is 20.4. The van der Waals surface area contributed by atoms with Gasteiger partial charge >= 0.3 is 0 Å². The topological polar surface area (TPSA) is 32.3 Å². The van der Waals surface area contributed by atoms with E-state index in [4.69, 9.17) is 0 Å². The fourth-order valence-electron chi connectivity index (χ4n) is 3.67. The molecular formula is C24H50N2OS2. The molecule has 0 radical (unpaired) electrons. The van der Waals surface area contributed by atoms with Crippen molar-refractivity contribution in [3.63, 3.8) is 0 Å². The van der Waals surface area contributed by atoms with Gasteiger partial charge < -0.3 is 4.90 Å². The van der Waals surface area contributed by atoms with Crippen LogP contribution in [0.15, 0.2) is 0 Å². The second kappa shape index (κ2) is 24.6. The second-order valence-electron chi connectivity index (χ2n) is 8.23. The van der Waals surface area contributed by atoms with Crippen LogP contribution in [-0.2, 0) is 4.79 Å². The fourth-order valence-corrected chi connectivity index (χ4v) is 5.03. The molecule has 0 saturated carbocycles. The number of Topliss-reactive ketones (excluding diaryl/α,β-unsaturated/α-hetero) is 1. The highest BCUT2D eigenvalue weighted by Crippen LogP contribution is 2.16. The number of hydrogen-bond acceptors (Lipinski definition) is 5. The molecule has 0 spiro atoms. The van der Waals surface area contributed by atoms with E-state index in [2.05, 4.69) is 23.5 Å². The SMILES string of the molecule is CCCCCCCCCCCCCCCC(=O)CCN(CCC)CCSSNC. The van der Waals surface area contributed by atoms with E-state index in [-0.39, 0.29) is 0 Å². The molecule has 5 heteroatoms. The zero-order valence-corrected chi connectivity index (χ0v) is 21.4. The van der Waals surface area contributed by atoms with E-state index in [9.17, 15) is 4.79 Å². The maximum Gasteiger partial charge on any atom is 0.134 e. The van der Waals surface area contributed by atoms with Crippen LogP contribution in [0.4, 0.5) is 0 Å². The first-order valence-corrected chi connectivity index (χ1v) is 14.8. The summed E-state index contributed by atoms with van der Waals surface area (Å²) in [5.41, 5.74) is 0. The van der Waals surface area contributed by atoms with E-state index in [0.717, 1.165) is 51.1 Å². The maximum absolute atomic E-state index is 12.2. The number of ketones is 1. The van der Waals surface area contributed by atoms with Gasteiger partial charge in [0.25, 0.3) is 0 Å². The van der Waals surface area contributed by atoms with Crippen LogP contribution in [0.5, 0.6) is 0 Å². The third kappa shape index (κ3) is 22.8. The molecule has 1 N–H and O–H groups in total. The Morgan fingerprint density at radius 2 is 1.24 bits per heavy atom. The second-order valence-corrected chi connectivity index (χ2v) is 10.7. The van der Waals surface area contributed by atoms with Crippen LogP contribution in [0, 0.1) is 0 Å². The van der Waals surface area contributed by atoms with Crippen LogP contribution in [-0.4, -0.2) is 43.1 Å². The first-order chi connectivity index (χ1) is 14.2. The van der Waals surface area contributed by atoms with Crippen molar-refractivity contribution in [2.75, 3.05) is 32.4 Å². The van der Waals surface area contributed by atoms with Crippen LogP contribution < -0.4 is 4.72 Å². The number of hydrogen-bond donors (Lipinski definition) is 1. The van der Waals surface area contributed by atoms with Crippen LogP contribution in [0.3, 0.4) is 0 Å². The molecule has 0 aromatic heterocycles. The van der Waals surface area contributed by atoms with Crippen molar-refractivity contribution in [3.05, 3.63) is 0 Å². The Hall–Kier alpha value is 0.290. The molecule has 0 saturated heterocycles. The molecule has 0 bridgehead atoms. The van der Waals surface area contributed by atoms with Crippen molar-refractivity contribution in [3.8, 4) is 0 Å². The van der Waals surface area contributed by atoms with Gasteiger partial charge in [0.15, 0.2) is 0 Å². The Bertz CT molecular complexity index is 343. The molecule has 0 aromatic rings. The summed E-state index contributed by atoms with van der Waals surface area (Å²) < 4.78 is 3.09. The minimum atomic E-state index is 0.464. The molecule has 3 nitrogen and oxygen atoms in total. The van der Waals surface area contributed by atoms with Crippen LogP contribution in [0.2, 0.25) is 0 Å². The van der Waals surface area contributed by atoms with E-state index >= 15 is 0 Å². The van der Waals surface area contributed by atoms with Gasteiger partial charge in [-0.05, 0) is 37.4 Å². The average Bonchev–Trinajstić information content (AvgIpc) is 2.72. The average molecular weight is 447 g/mol. The summed E-state index contributed by atoms with van der Waals surface area (Å²) in [6, 6.07) is 0. The van der Waals surface area contributed by atoms with E-state index in [1.54, 1.807) is 11.0 Å². The van der Waals surface area contributed by atoms with Gasteiger partial charge in [-0.1, -0.05) is 102 Å². The maximum atomic E-state index is 12.2. The zero-order chi connectivity index (χ0) is 21.4. The molecule has 0 rings (SSSR count). The zero-order valence-electron chi connectivity index (χ0n) is 19.8. The molecule has 174 valence electrons. The number of carbonyl (C=O) groups is 1. The van der Waals surface area contributed by atoms with Crippen molar-refractivity contribution in [2.45, 2.75) is 117 Å². The van der Waals surface area contributed by atoms with Gasteiger partial charge in [0.05, 0.1) is 0 Å². The van der Waals surface area contributed by atoms with E-state index in [1.165, 1.54) is 77.0 Å². The third-order valence-corrected chi connectivity index (χ3v) is 7.43. The highest BCUT2D eigenvalue weighted by atomic mass is 33.1. The van der Waals surface area contributed by atoms with Crippen LogP contribution in [0.1, 0.15) is 117 Å². The summed E-state index contributed by atoms with van der Waals surface area (Å²) in [5.74, 6) is 1.57. The van der Waals surface area contributed by atoms with Crippen molar-refractivity contribution in [1.29, 1.82) is 0 Å². The molecule has 0 aliphatic rings. The quantitative estimate of drug-likeness (QED) is 0.0934. The Morgan fingerprint density at radius 1 is 0.690 bits per heavy atom. The van der Waals surface area contributed by atoms with Crippen LogP contribution in [0.25, 0.3) is 0 Å². The lowest BCUT2D eigenvalue weighted by Crippen LogP contribution is -2.29. The molecule has 0 heterocycles. The molecule has 0 aliphatic heterocycles. The molecule has 0 atom stereocenters. The van der Waals surface area contributed by atoms with Gasteiger partial charge in [0.1, 0.15) is 5.78 Å².